The first-order valence-corrected chi connectivity index (χ1v) is 7.76. The lowest BCUT2D eigenvalue weighted by atomic mass is 10.1. The fourth-order valence-corrected chi connectivity index (χ4v) is 3.04. The summed E-state index contributed by atoms with van der Waals surface area (Å²) < 4.78 is 6.33. The summed E-state index contributed by atoms with van der Waals surface area (Å²) >= 11 is 1.51. The maximum Gasteiger partial charge on any atom is 0.184 e. The van der Waals surface area contributed by atoms with Crippen molar-refractivity contribution >= 4 is 32.5 Å². The summed E-state index contributed by atoms with van der Waals surface area (Å²) in [5.74, 6) is 0.790. The van der Waals surface area contributed by atoms with Gasteiger partial charge in [0, 0.05) is 5.56 Å². The second-order valence-corrected chi connectivity index (χ2v) is 6.00. The van der Waals surface area contributed by atoms with E-state index < -0.39 is 0 Å². The molecule has 4 nitrogen and oxygen atoms in total. The Kier molecular flexibility index (Phi) is 5.74. The number of aryl methyl sites for hydroxylation is 1. The third-order valence-electron chi connectivity index (χ3n) is 3.38. The molecule has 3 aromatic rings. The number of nitrogens with zero attached hydrogens (tertiary/aromatic N) is 1. The molecule has 0 aliphatic carbocycles. The minimum absolute atomic E-state index is 0. The summed E-state index contributed by atoms with van der Waals surface area (Å²) in [6, 6.07) is 13.4. The zero-order chi connectivity index (χ0) is 15.5. The highest BCUT2D eigenvalue weighted by molar-refractivity contribution is 7.22. The summed E-state index contributed by atoms with van der Waals surface area (Å²) in [5, 5.41) is 3.82. The van der Waals surface area contributed by atoms with E-state index in [1.807, 2.05) is 49.4 Å². The van der Waals surface area contributed by atoms with Crippen molar-refractivity contribution in [1.82, 2.24) is 4.98 Å². The van der Waals surface area contributed by atoms with Crippen molar-refractivity contribution in [3.63, 3.8) is 0 Å². The number of anilines is 1. The second-order valence-electron chi connectivity index (χ2n) is 4.97. The highest BCUT2D eigenvalue weighted by Gasteiger charge is 2.10. The van der Waals surface area contributed by atoms with Crippen LogP contribution < -0.4 is 27.0 Å². The van der Waals surface area contributed by atoms with Gasteiger partial charge in [-0.3, -0.25) is 4.79 Å². The molecule has 0 saturated heterocycles. The number of methoxy groups -OCH3 is 1. The van der Waals surface area contributed by atoms with Gasteiger partial charge in [0.1, 0.15) is 11.3 Å². The number of carbonyl (C=O) groups excluding carboxylic acids is 1. The van der Waals surface area contributed by atoms with E-state index in [2.05, 4.69) is 10.3 Å². The number of para-hydroxylation sites is 1. The molecule has 0 bridgehead atoms. The van der Waals surface area contributed by atoms with Crippen LogP contribution in [0.15, 0.2) is 42.5 Å². The monoisotopic (exact) mass is 391 g/mol. The molecule has 2 aromatic carbocycles. The van der Waals surface area contributed by atoms with Crippen molar-refractivity contribution in [2.75, 3.05) is 19.0 Å². The second kappa shape index (κ2) is 7.57. The summed E-state index contributed by atoms with van der Waals surface area (Å²) in [4.78, 5) is 16.7. The highest BCUT2D eigenvalue weighted by Crippen LogP contribution is 2.31. The minimum Gasteiger partial charge on any atom is -1.00 e. The number of nitrogens with one attached hydrogen (secondary N) is 1. The van der Waals surface area contributed by atoms with E-state index in [1.54, 1.807) is 7.11 Å². The number of aromatic nitrogens is 1. The number of hydrogen-bond acceptors (Lipinski definition) is 5. The van der Waals surface area contributed by atoms with E-state index in [0.29, 0.717) is 5.56 Å². The van der Waals surface area contributed by atoms with Crippen molar-refractivity contribution in [1.29, 1.82) is 0 Å². The van der Waals surface area contributed by atoms with Crippen molar-refractivity contribution in [3.05, 3.63) is 53.6 Å². The first kappa shape index (κ1) is 17.4. The largest absolute Gasteiger partial charge is 1.00 e. The Morgan fingerprint density at radius 1 is 1.22 bits per heavy atom. The lowest BCUT2D eigenvalue weighted by Gasteiger charge is -2.02. The van der Waals surface area contributed by atoms with Gasteiger partial charge in [-0.25, -0.2) is 4.98 Å². The summed E-state index contributed by atoms with van der Waals surface area (Å²) in [6.45, 7) is 2.23. The van der Waals surface area contributed by atoms with Crippen LogP contribution in [0.4, 0.5) is 5.13 Å². The van der Waals surface area contributed by atoms with Gasteiger partial charge < -0.3 is 27.0 Å². The van der Waals surface area contributed by atoms with Gasteiger partial charge >= 0.3 is 0 Å². The normalized spacial score (nSPS) is 10.2. The predicted octanol–water partition coefficient (Wildman–Crippen LogP) is 0.912. The van der Waals surface area contributed by atoms with Crippen molar-refractivity contribution < 1.29 is 26.5 Å². The molecule has 0 aliphatic heterocycles. The lowest BCUT2D eigenvalue weighted by Crippen LogP contribution is -3.00. The Labute approximate surface area is 149 Å². The average molecular weight is 392 g/mol. The van der Waals surface area contributed by atoms with Crippen LogP contribution in [-0.2, 0) is 0 Å². The molecule has 0 atom stereocenters. The van der Waals surface area contributed by atoms with Gasteiger partial charge in [-0.1, -0.05) is 47.2 Å². The van der Waals surface area contributed by atoms with E-state index in [0.717, 1.165) is 26.7 Å². The molecule has 1 heterocycles. The van der Waals surface area contributed by atoms with E-state index >= 15 is 0 Å². The van der Waals surface area contributed by atoms with Crippen LogP contribution in [0.2, 0.25) is 0 Å². The quantitative estimate of drug-likeness (QED) is 0.656. The van der Waals surface area contributed by atoms with E-state index in [1.165, 1.54) is 11.3 Å². The third-order valence-corrected chi connectivity index (χ3v) is 4.35. The minimum atomic E-state index is 0. The lowest BCUT2D eigenvalue weighted by molar-refractivity contribution is -0.0000124. The third kappa shape index (κ3) is 3.89. The molecule has 0 spiro atoms. The molecule has 23 heavy (non-hydrogen) atoms. The first-order chi connectivity index (χ1) is 10.7. The number of hydrogen-bond donors (Lipinski definition) is 1. The molecule has 0 amide bonds. The smallest absolute Gasteiger partial charge is 0.184 e. The molecule has 6 heteroatoms. The van der Waals surface area contributed by atoms with E-state index in [4.69, 9.17) is 4.74 Å². The molecule has 120 valence electrons. The molecule has 0 unspecified atom stereocenters. The fourth-order valence-electron chi connectivity index (χ4n) is 2.16. The van der Waals surface area contributed by atoms with Crippen LogP contribution in [0.25, 0.3) is 10.2 Å². The zero-order valence-electron chi connectivity index (χ0n) is 12.8. The van der Waals surface area contributed by atoms with Gasteiger partial charge in [-0.15, -0.1) is 0 Å². The van der Waals surface area contributed by atoms with Crippen molar-refractivity contribution in [2.45, 2.75) is 6.92 Å². The summed E-state index contributed by atoms with van der Waals surface area (Å²) in [6.07, 6.45) is 0. The van der Waals surface area contributed by atoms with Crippen LogP contribution in [0.3, 0.4) is 0 Å². The van der Waals surface area contributed by atoms with Crippen LogP contribution in [0.5, 0.6) is 5.75 Å². The molecule has 0 fully saturated rings. The summed E-state index contributed by atoms with van der Waals surface area (Å²) in [5.41, 5.74) is 2.67. The standard InChI is InChI=1S/C17H16N2O2S.BrH/c1-11-6-8-12(9-7-11)13(20)10-18-17-19-16-14(21-2)4-3-5-15(16)22-17;/h3-9H,10H2,1-2H3,(H,18,19);1H/p-1. The Morgan fingerprint density at radius 2 is 1.96 bits per heavy atom. The number of Topliss-reactive ketones (excluding diaryl/α,β-unsaturated/α-hetero) is 1. The zero-order valence-corrected chi connectivity index (χ0v) is 15.2. The van der Waals surface area contributed by atoms with Crippen LogP contribution in [0.1, 0.15) is 15.9 Å². The number of ether oxygens (including phenoxy) is 1. The molecule has 1 N–H and O–H groups in total. The Bertz CT molecular complexity index is 815. The SMILES string of the molecule is COc1cccc2sc(NCC(=O)c3ccc(C)cc3)nc12.[Br-]. The average Bonchev–Trinajstić information content (AvgIpc) is 2.96. The van der Waals surface area contributed by atoms with Gasteiger partial charge in [0.15, 0.2) is 10.9 Å². The van der Waals surface area contributed by atoms with Gasteiger partial charge in [0.05, 0.1) is 18.4 Å². The van der Waals surface area contributed by atoms with Crippen molar-refractivity contribution in [2.24, 2.45) is 0 Å². The van der Waals surface area contributed by atoms with Gasteiger partial charge in [0.2, 0.25) is 0 Å². The van der Waals surface area contributed by atoms with Gasteiger partial charge in [-0.2, -0.15) is 0 Å². The van der Waals surface area contributed by atoms with E-state index in [-0.39, 0.29) is 29.3 Å². The number of rotatable bonds is 5. The highest BCUT2D eigenvalue weighted by atomic mass is 79.9. The molecule has 0 radical (unpaired) electrons. The fraction of sp³-hybridized carbons (Fsp3) is 0.176. The van der Waals surface area contributed by atoms with Gasteiger partial charge in [0.25, 0.3) is 0 Å². The molecule has 3 rings (SSSR count). The van der Waals surface area contributed by atoms with Crippen LogP contribution in [-0.4, -0.2) is 24.4 Å². The predicted molar refractivity (Wildman–Crippen MR) is 90.2 cm³/mol. The molecular formula is C17H16BrN2O2S-. The maximum atomic E-state index is 12.2. The number of fused-ring (bicyclic) bond motifs is 1. The van der Waals surface area contributed by atoms with E-state index in [9.17, 15) is 4.79 Å². The van der Waals surface area contributed by atoms with Gasteiger partial charge in [-0.05, 0) is 19.1 Å². The van der Waals surface area contributed by atoms with Crippen molar-refractivity contribution in [3.8, 4) is 5.75 Å². The van der Waals surface area contributed by atoms with Crippen LogP contribution >= 0.6 is 11.3 Å². The number of carbonyl (C=O) groups is 1. The number of halogens is 1. The van der Waals surface area contributed by atoms with Crippen LogP contribution in [0, 0.1) is 6.92 Å². The molecular weight excluding hydrogens is 376 g/mol. The first-order valence-electron chi connectivity index (χ1n) is 6.94. The Morgan fingerprint density at radius 3 is 2.65 bits per heavy atom. The maximum absolute atomic E-state index is 12.2. The molecule has 0 aliphatic rings. The Balaban J connectivity index is 0.00000192. The number of ketones is 1. The topological polar surface area (TPSA) is 51.2 Å². The number of benzene rings is 2. The summed E-state index contributed by atoms with van der Waals surface area (Å²) in [7, 11) is 1.63. The molecule has 0 saturated carbocycles. The molecule has 1 aromatic heterocycles. The number of thiazole rings is 1. The Hall–Kier alpha value is -1.92.